The third-order valence-corrected chi connectivity index (χ3v) is 7.97. The molecule has 1 heterocycles. The van der Waals surface area contributed by atoms with Gasteiger partial charge in [-0.15, -0.1) is 0 Å². The zero-order chi connectivity index (χ0) is 35.6. The Morgan fingerprint density at radius 3 is 2.04 bits per heavy atom. The zero-order valence-corrected chi connectivity index (χ0v) is 28.6. The van der Waals surface area contributed by atoms with Crippen LogP contribution in [-0.4, -0.2) is 88.4 Å². The van der Waals surface area contributed by atoms with Gasteiger partial charge in [-0.1, -0.05) is 70.1 Å². The van der Waals surface area contributed by atoms with Gasteiger partial charge in [0, 0.05) is 43.2 Å². The van der Waals surface area contributed by atoms with Crippen molar-refractivity contribution in [3.63, 3.8) is 0 Å². The Bertz CT molecular complexity index is 1380. The van der Waals surface area contributed by atoms with Gasteiger partial charge in [0.15, 0.2) is 0 Å². The first-order valence-corrected chi connectivity index (χ1v) is 16.8. The maximum absolute atomic E-state index is 13.9. The largest absolute Gasteiger partial charge is 0.481 e. The highest BCUT2D eigenvalue weighted by Gasteiger charge is 2.34. The molecule has 8 N–H and O–H groups in total. The van der Waals surface area contributed by atoms with Gasteiger partial charge in [-0.2, -0.15) is 0 Å². The van der Waals surface area contributed by atoms with E-state index in [9.17, 15) is 33.9 Å². The highest BCUT2D eigenvalue weighted by molar-refractivity contribution is 5.97. The van der Waals surface area contributed by atoms with Gasteiger partial charge in [-0.3, -0.25) is 24.0 Å². The molecule has 0 bridgehead atoms. The number of hydrogen-bond donors (Lipinski definition) is 7. The monoisotopic (exact) mass is 671 g/mol. The summed E-state index contributed by atoms with van der Waals surface area (Å²) in [5.41, 5.74) is 6.98. The number of urea groups is 1. The molecule has 0 radical (unpaired) electrons. The number of fused-ring (bicyclic) bond motifs is 1. The number of benzene rings is 1. The molecule has 0 aliphatic heterocycles. The number of nitrogens with one attached hydrogen (secondary N) is 5. The number of carbonyl (C=O) groups is 6. The van der Waals surface area contributed by atoms with Crippen LogP contribution in [-0.2, 0) is 30.4 Å². The number of unbranched alkanes of at least 4 members (excludes halogenated alkanes) is 7. The van der Waals surface area contributed by atoms with Gasteiger partial charge in [0.1, 0.15) is 18.1 Å². The van der Waals surface area contributed by atoms with Crippen molar-refractivity contribution in [3.05, 3.63) is 36.0 Å². The van der Waals surface area contributed by atoms with E-state index in [1.807, 2.05) is 24.3 Å². The number of likely N-dealkylation sites (N-methyl/N-ethyl adjacent to an activating group) is 1. The van der Waals surface area contributed by atoms with Crippen LogP contribution in [0.2, 0.25) is 0 Å². The summed E-state index contributed by atoms with van der Waals surface area (Å²) in [5.74, 6) is -4.71. The molecule has 0 saturated carbocycles. The third-order valence-electron chi connectivity index (χ3n) is 7.97. The van der Waals surface area contributed by atoms with Crippen molar-refractivity contribution in [2.45, 2.75) is 116 Å². The lowest BCUT2D eigenvalue weighted by atomic mass is 10.0. The minimum absolute atomic E-state index is 0.0703. The molecule has 1 aromatic carbocycles. The number of hydrogen-bond acceptors (Lipinski definition) is 6. The summed E-state index contributed by atoms with van der Waals surface area (Å²) in [6, 6.07) is 2.51. The average molecular weight is 672 g/mol. The zero-order valence-electron chi connectivity index (χ0n) is 28.6. The normalized spacial score (nSPS) is 12.9. The maximum atomic E-state index is 13.9. The lowest BCUT2D eigenvalue weighted by Gasteiger charge is -2.29. The van der Waals surface area contributed by atoms with Crippen LogP contribution >= 0.6 is 0 Å². The molecule has 2 aromatic rings. The number of nitrogens with zero attached hydrogens (tertiary/aromatic N) is 1. The number of primary amides is 1. The predicted molar refractivity (Wildman–Crippen MR) is 183 cm³/mol. The van der Waals surface area contributed by atoms with Gasteiger partial charge < -0.3 is 42.0 Å². The molecule has 1 aromatic heterocycles. The van der Waals surface area contributed by atoms with E-state index in [2.05, 4.69) is 33.2 Å². The van der Waals surface area contributed by atoms with Crippen molar-refractivity contribution in [1.82, 2.24) is 31.2 Å². The van der Waals surface area contributed by atoms with E-state index in [-0.39, 0.29) is 12.5 Å². The Balaban J connectivity index is 2.22. The van der Waals surface area contributed by atoms with E-state index in [1.54, 1.807) is 20.0 Å². The molecule has 0 saturated heterocycles. The summed E-state index contributed by atoms with van der Waals surface area (Å²) >= 11 is 0. The van der Waals surface area contributed by atoms with E-state index < -0.39 is 66.6 Å². The SMILES string of the molecule is CCCCCCCCCCNC(=O)N(C)C(Cc1c[nH]c2ccccc12)C(=O)NC(CC(N)=O)C(=O)NC(CC(=O)O)C(=O)NC(C)C. The topological polar surface area (TPSA) is 216 Å². The number of nitrogens with two attached hydrogens (primary N) is 1. The highest BCUT2D eigenvalue weighted by Crippen LogP contribution is 2.21. The van der Waals surface area contributed by atoms with Gasteiger partial charge in [-0.25, -0.2) is 4.79 Å². The number of aromatic amines is 1. The number of amides is 6. The Morgan fingerprint density at radius 2 is 1.42 bits per heavy atom. The molecule has 3 unspecified atom stereocenters. The Kier molecular flexibility index (Phi) is 17.0. The van der Waals surface area contributed by atoms with E-state index in [4.69, 9.17) is 5.73 Å². The molecule has 0 spiro atoms. The minimum atomic E-state index is -1.54. The number of carboxylic acid groups (broad SMARTS) is 1. The summed E-state index contributed by atoms with van der Waals surface area (Å²) in [7, 11) is 1.48. The third kappa shape index (κ3) is 13.6. The number of rotatable bonds is 22. The molecule has 0 aliphatic rings. The summed E-state index contributed by atoms with van der Waals surface area (Å²) < 4.78 is 0. The molecule has 2 rings (SSSR count). The van der Waals surface area contributed by atoms with E-state index in [0.717, 1.165) is 42.1 Å². The molecule has 6 amide bonds. The lowest BCUT2D eigenvalue weighted by Crippen LogP contribution is -2.59. The van der Waals surface area contributed by atoms with Crippen LogP contribution in [0.1, 0.15) is 90.5 Å². The van der Waals surface area contributed by atoms with Crippen LogP contribution in [0, 0.1) is 0 Å². The molecule has 14 heteroatoms. The smallest absolute Gasteiger partial charge is 0.317 e. The van der Waals surface area contributed by atoms with Crippen molar-refractivity contribution >= 4 is 46.5 Å². The molecule has 14 nitrogen and oxygen atoms in total. The van der Waals surface area contributed by atoms with E-state index in [0.29, 0.717) is 6.54 Å². The molecule has 3 atom stereocenters. The Labute approximate surface area is 282 Å². The van der Waals surface area contributed by atoms with E-state index in [1.165, 1.54) is 37.6 Å². The molecular formula is C34H53N7O7. The van der Waals surface area contributed by atoms with Crippen LogP contribution in [0.4, 0.5) is 4.79 Å². The van der Waals surface area contributed by atoms with Gasteiger partial charge in [-0.05, 0) is 31.9 Å². The van der Waals surface area contributed by atoms with Crippen molar-refractivity contribution in [3.8, 4) is 0 Å². The van der Waals surface area contributed by atoms with Gasteiger partial charge >= 0.3 is 12.0 Å². The second-order valence-electron chi connectivity index (χ2n) is 12.5. The average Bonchev–Trinajstić information content (AvgIpc) is 3.43. The Hall–Kier alpha value is -4.62. The number of aliphatic carboxylic acids is 1. The summed E-state index contributed by atoms with van der Waals surface area (Å²) in [5, 5.41) is 20.4. The fraction of sp³-hybridized carbons (Fsp3) is 0.588. The minimum Gasteiger partial charge on any atom is -0.481 e. The quantitative estimate of drug-likeness (QED) is 0.0928. The van der Waals surface area contributed by atoms with Crippen LogP contribution in [0.15, 0.2) is 30.5 Å². The van der Waals surface area contributed by atoms with Crippen molar-refractivity contribution < 1.29 is 33.9 Å². The Morgan fingerprint density at radius 1 is 0.833 bits per heavy atom. The van der Waals surface area contributed by atoms with Crippen LogP contribution < -0.4 is 27.0 Å². The highest BCUT2D eigenvalue weighted by atomic mass is 16.4. The molecule has 48 heavy (non-hydrogen) atoms. The molecule has 0 fully saturated rings. The van der Waals surface area contributed by atoms with Gasteiger partial charge in [0.25, 0.3) is 0 Å². The first kappa shape index (κ1) is 39.6. The van der Waals surface area contributed by atoms with Crippen molar-refractivity contribution in [1.29, 1.82) is 0 Å². The lowest BCUT2D eigenvalue weighted by molar-refractivity contribution is -0.141. The number of carbonyl (C=O) groups excluding carboxylic acids is 5. The van der Waals surface area contributed by atoms with Gasteiger partial charge in [0.05, 0.1) is 12.8 Å². The first-order valence-electron chi connectivity index (χ1n) is 16.8. The number of carboxylic acids is 1. The standard InChI is InChI=1S/C34H53N7O7/c1-5-6-7-8-9-10-11-14-17-36-34(48)41(4)28(18-23-21-37-25-16-13-12-15-24(23)25)33(47)40-26(19-29(35)42)32(46)39-27(20-30(43)44)31(45)38-22(2)3/h12-13,15-16,21-22,26-28,37H,5-11,14,17-20H2,1-4H3,(H2,35,42)(H,36,48)(H,38,45)(H,39,46)(H,40,47)(H,43,44). The maximum Gasteiger partial charge on any atom is 0.317 e. The number of H-pyrrole nitrogens is 1. The molecule has 266 valence electrons. The van der Waals surface area contributed by atoms with Crippen LogP contribution in [0.3, 0.4) is 0 Å². The van der Waals surface area contributed by atoms with Crippen LogP contribution in [0.25, 0.3) is 10.9 Å². The number of aromatic nitrogens is 1. The summed E-state index contributed by atoms with van der Waals surface area (Å²) in [4.78, 5) is 80.9. The van der Waals surface area contributed by atoms with E-state index >= 15 is 0 Å². The first-order chi connectivity index (χ1) is 22.8. The second-order valence-corrected chi connectivity index (χ2v) is 12.5. The summed E-state index contributed by atoms with van der Waals surface area (Å²) in [6.07, 6.45) is 9.32. The second kappa shape index (κ2) is 20.6. The van der Waals surface area contributed by atoms with Crippen molar-refractivity contribution in [2.75, 3.05) is 13.6 Å². The predicted octanol–water partition coefficient (Wildman–Crippen LogP) is 2.71. The molecular weight excluding hydrogens is 618 g/mol. The fourth-order valence-corrected chi connectivity index (χ4v) is 5.35. The van der Waals surface area contributed by atoms with Gasteiger partial charge in [0.2, 0.25) is 23.6 Å². The molecule has 0 aliphatic carbocycles. The number of para-hydroxylation sites is 1. The van der Waals surface area contributed by atoms with Crippen molar-refractivity contribution in [2.24, 2.45) is 5.73 Å². The summed E-state index contributed by atoms with van der Waals surface area (Å²) in [6.45, 7) is 5.95. The van der Waals surface area contributed by atoms with Crippen LogP contribution in [0.5, 0.6) is 0 Å². The fourth-order valence-electron chi connectivity index (χ4n) is 5.35.